The second-order valence-corrected chi connectivity index (χ2v) is 8.47. The lowest BCUT2D eigenvalue weighted by molar-refractivity contribution is -0.158. The molecule has 0 unspecified atom stereocenters. The van der Waals surface area contributed by atoms with Crippen molar-refractivity contribution in [3.8, 4) is 11.5 Å². The smallest absolute Gasteiger partial charge is 0.326 e. The minimum atomic E-state index is -0.597. The van der Waals surface area contributed by atoms with Gasteiger partial charge < -0.3 is 24.0 Å². The van der Waals surface area contributed by atoms with E-state index >= 15 is 0 Å². The van der Waals surface area contributed by atoms with E-state index < -0.39 is 11.6 Å². The van der Waals surface area contributed by atoms with Crippen LogP contribution in [0.2, 0.25) is 0 Å². The van der Waals surface area contributed by atoms with Crippen molar-refractivity contribution in [3.05, 3.63) is 29.8 Å². The van der Waals surface area contributed by atoms with E-state index in [9.17, 15) is 9.59 Å². The summed E-state index contributed by atoms with van der Waals surface area (Å²) < 4.78 is 16.8. The molecule has 1 aromatic rings. The molecule has 7 nitrogen and oxygen atoms in total. The first-order valence-electron chi connectivity index (χ1n) is 10.8. The zero-order chi connectivity index (χ0) is 23.4. The minimum Gasteiger partial charge on any atom is -0.490 e. The maximum atomic E-state index is 12.8. The van der Waals surface area contributed by atoms with Crippen molar-refractivity contribution >= 4 is 18.0 Å². The fraction of sp³-hybridized carbons (Fsp3) is 0.583. The van der Waals surface area contributed by atoms with E-state index in [4.69, 9.17) is 14.2 Å². The zero-order valence-electron chi connectivity index (χ0n) is 20.1. The summed E-state index contributed by atoms with van der Waals surface area (Å²) in [6.45, 7) is 11.5. The molecule has 0 aliphatic carbocycles. The number of rotatable bonds is 12. The highest BCUT2D eigenvalue weighted by Crippen LogP contribution is 2.29. The van der Waals surface area contributed by atoms with Crippen molar-refractivity contribution < 1.29 is 23.8 Å². The maximum Gasteiger partial charge on any atom is 0.326 e. The van der Waals surface area contributed by atoms with Crippen LogP contribution < -0.4 is 9.47 Å². The van der Waals surface area contributed by atoms with Gasteiger partial charge >= 0.3 is 5.97 Å². The molecule has 0 heterocycles. The fourth-order valence-corrected chi connectivity index (χ4v) is 2.62. The van der Waals surface area contributed by atoms with Crippen molar-refractivity contribution in [1.82, 2.24) is 9.80 Å². The molecular weight excluding hydrogens is 396 g/mol. The third-order valence-electron chi connectivity index (χ3n) is 4.02. The van der Waals surface area contributed by atoms with E-state index in [2.05, 4.69) is 0 Å². The van der Waals surface area contributed by atoms with Gasteiger partial charge in [0.25, 0.3) is 0 Å². The zero-order valence-corrected chi connectivity index (χ0v) is 20.1. The van der Waals surface area contributed by atoms with Gasteiger partial charge in [-0.3, -0.25) is 9.59 Å². The highest BCUT2D eigenvalue weighted by Gasteiger charge is 2.21. The molecule has 0 N–H and O–H groups in total. The highest BCUT2D eigenvalue weighted by molar-refractivity contribution is 5.93. The Balaban J connectivity index is 2.94. The fourth-order valence-electron chi connectivity index (χ4n) is 2.62. The summed E-state index contributed by atoms with van der Waals surface area (Å²) in [6.07, 6.45) is 4.09. The lowest BCUT2D eigenvalue weighted by Gasteiger charge is -2.25. The number of esters is 1. The first-order valence-corrected chi connectivity index (χ1v) is 10.8. The van der Waals surface area contributed by atoms with Gasteiger partial charge in [0.1, 0.15) is 12.1 Å². The summed E-state index contributed by atoms with van der Waals surface area (Å²) in [5, 5.41) is 0. The van der Waals surface area contributed by atoms with E-state index in [0.717, 1.165) is 12.0 Å². The van der Waals surface area contributed by atoms with Crippen LogP contribution >= 0.6 is 0 Å². The van der Waals surface area contributed by atoms with E-state index in [1.165, 1.54) is 11.0 Å². The topological polar surface area (TPSA) is 68.3 Å². The van der Waals surface area contributed by atoms with Crippen molar-refractivity contribution in [2.45, 2.75) is 46.6 Å². The van der Waals surface area contributed by atoms with Gasteiger partial charge in [-0.2, -0.15) is 0 Å². The first kappa shape index (κ1) is 26.5. The molecular formula is C24H38N2O5. The predicted octanol–water partition coefficient (Wildman–Crippen LogP) is 3.62. The van der Waals surface area contributed by atoms with Crippen LogP contribution in [0.3, 0.4) is 0 Å². The van der Waals surface area contributed by atoms with Crippen molar-refractivity contribution in [3.63, 3.8) is 0 Å². The van der Waals surface area contributed by atoms with E-state index in [0.29, 0.717) is 37.8 Å². The van der Waals surface area contributed by atoms with Gasteiger partial charge in [0.05, 0.1) is 13.2 Å². The molecule has 31 heavy (non-hydrogen) atoms. The van der Waals surface area contributed by atoms with Crippen LogP contribution in [0, 0.1) is 0 Å². The molecule has 0 saturated heterocycles. The van der Waals surface area contributed by atoms with Gasteiger partial charge in [0.15, 0.2) is 11.5 Å². The monoisotopic (exact) mass is 434 g/mol. The molecule has 0 aliphatic heterocycles. The highest BCUT2D eigenvalue weighted by atomic mass is 16.6. The van der Waals surface area contributed by atoms with Gasteiger partial charge in [-0.15, -0.1) is 0 Å². The molecule has 0 fully saturated rings. The molecule has 0 bridgehead atoms. The lowest BCUT2D eigenvalue weighted by atomic mass is 10.2. The Hall–Kier alpha value is -2.54. The predicted molar refractivity (Wildman–Crippen MR) is 123 cm³/mol. The summed E-state index contributed by atoms with van der Waals surface area (Å²) in [6, 6.07) is 5.56. The number of ether oxygens (including phenoxy) is 3. The Morgan fingerprint density at radius 2 is 1.74 bits per heavy atom. The Morgan fingerprint density at radius 1 is 1.03 bits per heavy atom. The molecule has 0 aromatic heterocycles. The summed E-state index contributed by atoms with van der Waals surface area (Å²) in [4.78, 5) is 28.5. The Kier molecular flexibility index (Phi) is 11.1. The molecule has 0 radical (unpaired) electrons. The van der Waals surface area contributed by atoms with Crippen LogP contribution in [0.5, 0.6) is 11.5 Å². The Labute approximate surface area is 186 Å². The van der Waals surface area contributed by atoms with Crippen LogP contribution in [-0.2, 0) is 14.3 Å². The third-order valence-corrected chi connectivity index (χ3v) is 4.02. The quantitative estimate of drug-likeness (QED) is 0.370. The molecule has 0 saturated carbocycles. The van der Waals surface area contributed by atoms with Crippen LogP contribution in [0.4, 0.5) is 0 Å². The van der Waals surface area contributed by atoms with Gasteiger partial charge in [-0.25, -0.2) is 0 Å². The molecule has 174 valence electrons. The van der Waals surface area contributed by atoms with E-state index in [1.54, 1.807) is 26.8 Å². The molecule has 0 spiro atoms. The van der Waals surface area contributed by atoms with E-state index in [1.807, 2.05) is 51.0 Å². The second-order valence-electron chi connectivity index (χ2n) is 8.47. The molecule has 1 amide bonds. The number of hydrogen-bond donors (Lipinski definition) is 0. The summed E-state index contributed by atoms with van der Waals surface area (Å²) in [7, 11) is 3.84. The molecule has 7 heteroatoms. The Morgan fingerprint density at radius 3 is 2.32 bits per heavy atom. The van der Waals surface area contributed by atoms with Crippen molar-refractivity contribution in [2.75, 3.05) is 46.9 Å². The number of nitrogens with zero attached hydrogens (tertiary/aromatic N) is 2. The van der Waals surface area contributed by atoms with Gasteiger partial charge in [0, 0.05) is 19.2 Å². The minimum absolute atomic E-state index is 0.0950. The number of hydrogen-bond acceptors (Lipinski definition) is 6. The normalized spacial score (nSPS) is 11.6. The average molecular weight is 435 g/mol. The number of carbonyl (C=O) groups excluding carboxylic acids is 2. The SMILES string of the molecule is CCCOc1ccc(/C=C/C(=O)N(CCN(C)C)CC(=O)OC(C)(C)C)cc1OCC. The van der Waals surface area contributed by atoms with Crippen LogP contribution in [0.15, 0.2) is 24.3 Å². The van der Waals surface area contributed by atoms with Crippen LogP contribution in [0.25, 0.3) is 6.08 Å². The third kappa shape index (κ3) is 10.9. The lowest BCUT2D eigenvalue weighted by Crippen LogP contribution is -2.41. The largest absolute Gasteiger partial charge is 0.490 e. The molecule has 1 aromatic carbocycles. The molecule has 0 aliphatic rings. The maximum absolute atomic E-state index is 12.8. The standard InChI is InChI=1S/C24H38N2O5/c1-8-16-30-20-12-10-19(17-21(20)29-9-2)11-13-22(27)26(15-14-25(6)7)18-23(28)31-24(3,4)5/h10-13,17H,8-9,14-16,18H2,1-7H3/b13-11+. The first-order chi connectivity index (χ1) is 14.6. The number of likely N-dealkylation sites (N-methyl/N-ethyl adjacent to an activating group) is 1. The van der Waals surface area contributed by atoms with E-state index in [-0.39, 0.29) is 12.5 Å². The molecule has 1 rings (SSSR count). The van der Waals surface area contributed by atoms with Crippen molar-refractivity contribution in [2.24, 2.45) is 0 Å². The van der Waals surface area contributed by atoms with Crippen LogP contribution in [-0.4, -0.2) is 74.2 Å². The Bertz CT molecular complexity index is 738. The summed E-state index contributed by atoms with van der Waals surface area (Å²) in [5.74, 6) is 0.648. The number of carbonyl (C=O) groups is 2. The van der Waals surface area contributed by atoms with Crippen molar-refractivity contribution in [1.29, 1.82) is 0 Å². The van der Waals surface area contributed by atoms with Gasteiger partial charge in [-0.05, 0) is 72.0 Å². The molecule has 0 atom stereocenters. The van der Waals surface area contributed by atoms with Gasteiger partial charge in [-0.1, -0.05) is 13.0 Å². The average Bonchev–Trinajstić information content (AvgIpc) is 2.67. The summed E-state index contributed by atoms with van der Waals surface area (Å²) in [5.41, 5.74) is 0.214. The second kappa shape index (κ2) is 13.0. The van der Waals surface area contributed by atoms with Crippen LogP contribution in [0.1, 0.15) is 46.6 Å². The van der Waals surface area contributed by atoms with Gasteiger partial charge in [0.2, 0.25) is 5.91 Å². The summed E-state index contributed by atoms with van der Waals surface area (Å²) >= 11 is 0. The number of benzene rings is 1. The number of amides is 1.